The number of carboxylic acid groups (broad SMARTS) is 1. The van der Waals surface area contributed by atoms with Crippen molar-refractivity contribution in [2.75, 3.05) is 7.11 Å². The lowest BCUT2D eigenvalue weighted by molar-refractivity contribution is -0.143. The molecular weight excluding hydrogens is 282 g/mol. The van der Waals surface area contributed by atoms with E-state index in [0.29, 0.717) is 6.42 Å². The van der Waals surface area contributed by atoms with Crippen LogP contribution < -0.4 is 10.1 Å². The quantitative estimate of drug-likeness (QED) is 0.811. The van der Waals surface area contributed by atoms with Gasteiger partial charge in [0.2, 0.25) is 5.91 Å². The topological polar surface area (TPSA) is 75.6 Å². The molecule has 5 nitrogen and oxygen atoms in total. The van der Waals surface area contributed by atoms with Gasteiger partial charge in [-0.15, -0.1) is 0 Å². The van der Waals surface area contributed by atoms with E-state index in [-0.39, 0.29) is 23.7 Å². The van der Waals surface area contributed by atoms with E-state index in [9.17, 15) is 14.7 Å². The minimum atomic E-state index is -0.971. The summed E-state index contributed by atoms with van der Waals surface area (Å²) in [7, 11) is 1.61. The SMILES string of the molecule is CC[C@H](C)[C@H](NC(=O)[C@@H]1C[C@H]1c1cccc(OC)c1)C(=O)O. The fourth-order valence-electron chi connectivity index (χ4n) is 2.67. The molecule has 0 heterocycles. The number of hydrogen-bond acceptors (Lipinski definition) is 3. The van der Waals surface area contributed by atoms with E-state index >= 15 is 0 Å². The van der Waals surface area contributed by atoms with Gasteiger partial charge in [-0.05, 0) is 36.0 Å². The number of carbonyl (C=O) groups excluding carboxylic acids is 1. The molecule has 0 radical (unpaired) electrons. The van der Waals surface area contributed by atoms with Gasteiger partial charge in [0.05, 0.1) is 7.11 Å². The first kappa shape index (κ1) is 16.3. The Hall–Kier alpha value is -2.04. The molecule has 1 aromatic rings. The van der Waals surface area contributed by atoms with E-state index in [0.717, 1.165) is 17.7 Å². The number of rotatable bonds is 7. The van der Waals surface area contributed by atoms with Gasteiger partial charge in [-0.3, -0.25) is 4.79 Å². The third-order valence-corrected chi connectivity index (χ3v) is 4.43. The number of nitrogens with one attached hydrogen (secondary N) is 1. The van der Waals surface area contributed by atoms with Crippen molar-refractivity contribution < 1.29 is 19.4 Å². The van der Waals surface area contributed by atoms with E-state index < -0.39 is 12.0 Å². The Kier molecular flexibility index (Phi) is 5.06. The summed E-state index contributed by atoms with van der Waals surface area (Å²) in [4.78, 5) is 23.6. The highest BCUT2D eigenvalue weighted by molar-refractivity contribution is 5.87. The molecule has 0 spiro atoms. The number of carbonyl (C=O) groups is 2. The molecule has 0 aromatic heterocycles. The molecule has 0 bridgehead atoms. The number of benzene rings is 1. The Morgan fingerprint density at radius 1 is 1.45 bits per heavy atom. The third kappa shape index (κ3) is 3.59. The molecule has 120 valence electrons. The molecule has 4 atom stereocenters. The van der Waals surface area contributed by atoms with E-state index in [1.807, 2.05) is 38.1 Å². The monoisotopic (exact) mass is 305 g/mol. The Balaban J connectivity index is 1.99. The summed E-state index contributed by atoms with van der Waals surface area (Å²) in [6.45, 7) is 3.76. The van der Waals surface area contributed by atoms with Crippen LogP contribution >= 0.6 is 0 Å². The van der Waals surface area contributed by atoms with Gasteiger partial charge in [0, 0.05) is 5.92 Å². The molecule has 22 heavy (non-hydrogen) atoms. The van der Waals surface area contributed by atoms with Crippen molar-refractivity contribution in [3.8, 4) is 5.75 Å². The second kappa shape index (κ2) is 6.81. The number of amides is 1. The van der Waals surface area contributed by atoms with Gasteiger partial charge < -0.3 is 15.2 Å². The average molecular weight is 305 g/mol. The van der Waals surface area contributed by atoms with E-state index in [1.165, 1.54) is 0 Å². The summed E-state index contributed by atoms with van der Waals surface area (Å²) < 4.78 is 5.19. The van der Waals surface area contributed by atoms with Crippen LogP contribution in [0.4, 0.5) is 0 Å². The van der Waals surface area contributed by atoms with Crippen LogP contribution in [0.5, 0.6) is 5.75 Å². The molecule has 2 N–H and O–H groups in total. The fourth-order valence-corrected chi connectivity index (χ4v) is 2.67. The number of methoxy groups -OCH3 is 1. The maximum atomic E-state index is 12.3. The van der Waals surface area contributed by atoms with Crippen molar-refractivity contribution in [3.05, 3.63) is 29.8 Å². The highest BCUT2D eigenvalue weighted by Crippen LogP contribution is 2.48. The minimum absolute atomic E-state index is 0.0875. The van der Waals surface area contributed by atoms with Gasteiger partial charge in [0.25, 0.3) is 0 Å². The Bertz CT molecular complexity index is 557. The van der Waals surface area contributed by atoms with Gasteiger partial charge in [-0.1, -0.05) is 32.4 Å². The van der Waals surface area contributed by atoms with E-state index in [2.05, 4.69) is 5.32 Å². The molecule has 5 heteroatoms. The molecule has 1 aliphatic rings. The van der Waals surface area contributed by atoms with Crippen molar-refractivity contribution in [2.45, 2.75) is 38.6 Å². The van der Waals surface area contributed by atoms with Gasteiger partial charge in [0.15, 0.2) is 0 Å². The van der Waals surface area contributed by atoms with Crippen molar-refractivity contribution in [2.24, 2.45) is 11.8 Å². The number of hydrogen-bond donors (Lipinski definition) is 2. The van der Waals surface area contributed by atoms with Crippen LogP contribution in [0.2, 0.25) is 0 Å². The van der Waals surface area contributed by atoms with Crippen molar-refractivity contribution in [3.63, 3.8) is 0 Å². The van der Waals surface area contributed by atoms with Gasteiger partial charge in [-0.2, -0.15) is 0 Å². The van der Waals surface area contributed by atoms with E-state index in [4.69, 9.17) is 4.74 Å². The Labute approximate surface area is 130 Å². The molecule has 1 fully saturated rings. The molecule has 1 aromatic carbocycles. The smallest absolute Gasteiger partial charge is 0.326 e. The zero-order valence-corrected chi connectivity index (χ0v) is 13.2. The largest absolute Gasteiger partial charge is 0.497 e. The molecule has 0 saturated heterocycles. The molecular formula is C17H23NO4. The van der Waals surface area contributed by atoms with Crippen molar-refractivity contribution in [1.29, 1.82) is 0 Å². The highest BCUT2D eigenvalue weighted by Gasteiger charge is 2.45. The van der Waals surface area contributed by atoms with Crippen molar-refractivity contribution in [1.82, 2.24) is 5.32 Å². The number of aliphatic carboxylic acids is 1. The third-order valence-electron chi connectivity index (χ3n) is 4.43. The van der Waals surface area contributed by atoms with Gasteiger partial charge in [-0.25, -0.2) is 4.79 Å². The van der Waals surface area contributed by atoms with Crippen LogP contribution in [0.15, 0.2) is 24.3 Å². The molecule has 1 amide bonds. The minimum Gasteiger partial charge on any atom is -0.497 e. The van der Waals surface area contributed by atoms with Crippen LogP contribution in [-0.2, 0) is 9.59 Å². The van der Waals surface area contributed by atoms with Gasteiger partial charge >= 0.3 is 5.97 Å². The van der Waals surface area contributed by atoms with Crippen LogP contribution in [0.25, 0.3) is 0 Å². The standard InChI is InChI=1S/C17H23NO4/c1-4-10(2)15(17(20)21)18-16(19)14-9-13(14)11-6-5-7-12(8-11)22-3/h5-8,10,13-15H,4,9H2,1-3H3,(H,18,19)(H,20,21)/t10-,13-,14+,15-/m0/s1. The lowest BCUT2D eigenvalue weighted by atomic mass is 9.99. The maximum Gasteiger partial charge on any atom is 0.326 e. The molecule has 0 aliphatic heterocycles. The molecule has 1 saturated carbocycles. The normalized spacial score (nSPS) is 22.5. The Morgan fingerprint density at radius 2 is 2.18 bits per heavy atom. The first-order chi connectivity index (χ1) is 10.5. The van der Waals surface area contributed by atoms with E-state index in [1.54, 1.807) is 7.11 Å². The highest BCUT2D eigenvalue weighted by atomic mass is 16.5. The number of carboxylic acids is 1. The summed E-state index contributed by atoms with van der Waals surface area (Å²) in [6.07, 6.45) is 1.47. The summed E-state index contributed by atoms with van der Waals surface area (Å²) >= 11 is 0. The van der Waals surface area contributed by atoms with Crippen molar-refractivity contribution >= 4 is 11.9 Å². The predicted molar refractivity (Wildman–Crippen MR) is 82.9 cm³/mol. The summed E-state index contributed by atoms with van der Waals surface area (Å²) in [6, 6.07) is 6.86. The first-order valence-corrected chi connectivity index (χ1v) is 7.65. The van der Waals surface area contributed by atoms with Crippen LogP contribution in [0, 0.1) is 11.8 Å². The average Bonchev–Trinajstić information content (AvgIpc) is 3.32. The zero-order valence-electron chi connectivity index (χ0n) is 13.2. The lowest BCUT2D eigenvalue weighted by Gasteiger charge is -2.20. The zero-order chi connectivity index (χ0) is 16.3. The van der Waals surface area contributed by atoms with Gasteiger partial charge in [0.1, 0.15) is 11.8 Å². The van der Waals surface area contributed by atoms with Crippen LogP contribution in [0.1, 0.15) is 38.2 Å². The second-order valence-electron chi connectivity index (χ2n) is 5.94. The first-order valence-electron chi connectivity index (χ1n) is 7.65. The van der Waals surface area contributed by atoms with Crippen LogP contribution in [0.3, 0.4) is 0 Å². The molecule has 2 rings (SSSR count). The summed E-state index contributed by atoms with van der Waals surface area (Å²) in [5.74, 6) is -0.441. The Morgan fingerprint density at radius 3 is 2.77 bits per heavy atom. The summed E-state index contributed by atoms with van der Waals surface area (Å²) in [5, 5.41) is 11.9. The molecule has 1 aliphatic carbocycles. The molecule has 0 unspecified atom stereocenters. The summed E-state index contributed by atoms with van der Waals surface area (Å²) in [5.41, 5.74) is 1.06. The fraction of sp³-hybridized carbons (Fsp3) is 0.529. The lowest BCUT2D eigenvalue weighted by Crippen LogP contribution is -2.45. The predicted octanol–water partition coefficient (Wildman–Crippen LogP) is 2.41. The maximum absolute atomic E-state index is 12.3. The second-order valence-corrected chi connectivity index (χ2v) is 5.94. The van der Waals surface area contributed by atoms with Crippen LogP contribution in [-0.4, -0.2) is 30.1 Å². The number of ether oxygens (including phenoxy) is 1.